The van der Waals surface area contributed by atoms with E-state index in [1.165, 1.54) is 19.5 Å². The first-order valence-corrected chi connectivity index (χ1v) is 6.73. The van der Waals surface area contributed by atoms with Crippen molar-refractivity contribution in [3.8, 4) is 5.82 Å². The first-order chi connectivity index (χ1) is 10.1. The SMILES string of the molecule is COC(=O)c1cnc(-n2nc(C3CC3)nc2[C@H](C)N)cn1. The van der Waals surface area contributed by atoms with Crippen molar-refractivity contribution in [1.29, 1.82) is 0 Å². The van der Waals surface area contributed by atoms with Gasteiger partial charge in [0.15, 0.2) is 23.2 Å². The van der Waals surface area contributed by atoms with Gasteiger partial charge in [0, 0.05) is 5.92 Å². The lowest BCUT2D eigenvalue weighted by Gasteiger charge is -2.07. The second-order valence-corrected chi connectivity index (χ2v) is 5.05. The Kier molecular flexibility index (Phi) is 3.38. The molecular formula is C13H16N6O2. The maximum atomic E-state index is 11.4. The molecule has 0 saturated heterocycles. The van der Waals surface area contributed by atoms with Crippen LogP contribution in [0.15, 0.2) is 12.4 Å². The van der Waals surface area contributed by atoms with Crippen LogP contribution in [0.25, 0.3) is 5.82 Å². The summed E-state index contributed by atoms with van der Waals surface area (Å²) < 4.78 is 6.18. The van der Waals surface area contributed by atoms with Crippen LogP contribution in [0.3, 0.4) is 0 Å². The summed E-state index contributed by atoms with van der Waals surface area (Å²) in [7, 11) is 1.30. The zero-order valence-corrected chi connectivity index (χ0v) is 11.9. The van der Waals surface area contributed by atoms with Crippen molar-refractivity contribution in [3.63, 3.8) is 0 Å². The molecule has 110 valence electrons. The Labute approximate surface area is 121 Å². The first-order valence-electron chi connectivity index (χ1n) is 6.73. The van der Waals surface area contributed by atoms with Crippen molar-refractivity contribution in [2.45, 2.75) is 31.7 Å². The molecule has 1 aliphatic carbocycles. The summed E-state index contributed by atoms with van der Waals surface area (Å²) in [6.07, 6.45) is 5.03. The van der Waals surface area contributed by atoms with Crippen LogP contribution >= 0.6 is 0 Å². The van der Waals surface area contributed by atoms with Gasteiger partial charge in [0.2, 0.25) is 0 Å². The largest absolute Gasteiger partial charge is 0.464 e. The molecule has 1 fully saturated rings. The average Bonchev–Trinajstić information content (AvgIpc) is 3.25. The first kappa shape index (κ1) is 13.6. The fourth-order valence-corrected chi connectivity index (χ4v) is 1.96. The third-order valence-corrected chi connectivity index (χ3v) is 3.25. The molecule has 2 aromatic rings. The topological polar surface area (TPSA) is 109 Å². The predicted octanol–water partition coefficient (Wildman–Crippen LogP) is 0.741. The third kappa shape index (κ3) is 2.62. The van der Waals surface area contributed by atoms with Crippen molar-refractivity contribution in [1.82, 2.24) is 24.7 Å². The average molecular weight is 288 g/mol. The number of carbonyl (C=O) groups is 1. The smallest absolute Gasteiger partial charge is 0.358 e. The van der Waals surface area contributed by atoms with E-state index >= 15 is 0 Å². The summed E-state index contributed by atoms with van der Waals surface area (Å²) in [4.78, 5) is 24.1. The monoisotopic (exact) mass is 288 g/mol. The van der Waals surface area contributed by atoms with E-state index in [4.69, 9.17) is 5.73 Å². The predicted molar refractivity (Wildman–Crippen MR) is 72.9 cm³/mol. The van der Waals surface area contributed by atoms with E-state index in [2.05, 4.69) is 24.8 Å². The molecule has 2 N–H and O–H groups in total. The maximum Gasteiger partial charge on any atom is 0.358 e. The standard InChI is InChI=1S/C13H16N6O2/c1-7(14)12-17-11(8-3-4-8)18-19(12)10-6-15-9(5-16-10)13(20)21-2/h5-8H,3-4,14H2,1-2H3/t7-/m0/s1. The highest BCUT2D eigenvalue weighted by Crippen LogP contribution is 2.38. The van der Waals surface area contributed by atoms with Crippen LogP contribution in [-0.2, 0) is 4.74 Å². The number of rotatable bonds is 4. The molecule has 21 heavy (non-hydrogen) atoms. The van der Waals surface area contributed by atoms with Gasteiger partial charge in [0.25, 0.3) is 0 Å². The molecule has 2 aromatic heterocycles. The van der Waals surface area contributed by atoms with Gasteiger partial charge < -0.3 is 10.5 Å². The van der Waals surface area contributed by atoms with Gasteiger partial charge in [-0.25, -0.2) is 19.7 Å². The summed E-state index contributed by atoms with van der Waals surface area (Å²) >= 11 is 0. The molecule has 0 bridgehead atoms. The van der Waals surface area contributed by atoms with E-state index in [0.717, 1.165) is 18.7 Å². The van der Waals surface area contributed by atoms with Gasteiger partial charge in [-0.3, -0.25) is 0 Å². The summed E-state index contributed by atoms with van der Waals surface area (Å²) in [6.45, 7) is 1.84. The molecule has 8 heteroatoms. The number of aromatic nitrogens is 5. The Morgan fingerprint density at radius 2 is 2.19 bits per heavy atom. The van der Waals surface area contributed by atoms with Crippen molar-refractivity contribution in [2.75, 3.05) is 7.11 Å². The van der Waals surface area contributed by atoms with Crippen LogP contribution in [0.1, 0.15) is 53.9 Å². The minimum Gasteiger partial charge on any atom is -0.464 e. The maximum absolute atomic E-state index is 11.4. The lowest BCUT2D eigenvalue weighted by Crippen LogP contribution is -2.15. The normalized spacial score (nSPS) is 15.8. The molecule has 2 heterocycles. The summed E-state index contributed by atoms with van der Waals surface area (Å²) in [5, 5.41) is 4.47. The molecule has 1 aliphatic rings. The molecule has 0 aliphatic heterocycles. The lowest BCUT2D eigenvalue weighted by atomic mass is 10.3. The molecule has 0 unspecified atom stereocenters. The molecular weight excluding hydrogens is 272 g/mol. The van der Waals surface area contributed by atoms with Crippen LogP contribution in [0.2, 0.25) is 0 Å². The minimum absolute atomic E-state index is 0.145. The molecule has 0 aromatic carbocycles. The van der Waals surface area contributed by atoms with Gasteiger partial charge in [0.1, 0.15) is 0 Å². The third-order valence-electron chi connectivity index (χ3n) is 3.25. The number of hydrogen-bond acceptors (Lipinski definition) is 7. The van der Waals surface area contributed by atoms with Crippen molar-refractivity contribution >= 4 is 5.97 Å². The van der Waals surface area contributed by atoms with Crippen LogP contribution in [-0.4, -0.2) is 37.8 Å². The van der Waals surface area contributed by atoms with Crippen molar-refractivity contribution < 1.29 is 9.53 Å². The molecule has 0 spiro atoms. The number of nitrogens with two attached hydrogens (primary N) is 1. The number of carbonyl (C=O) groups excluding carboxylic acids is 1. The van der Waals surface area contributed by atoms with Gasteiger partial charge in [-0.1, -0.05) is 0 Å². The second-order valence-electron chi connectivity index (χ2n) is 5.05. The number of ether oxygens (including phenoxy) is 1. The Balaban J connectivity index is 1.97. The van der Waals surface area contributed by atoms with E-state index < -0.39 is 5.97 Å². The zero-order valence-electron chi connectivity index (χ0n) is 11.9. The Hall–Kier alpha value is -2.35. The van der Waals surface area contributed by atoms with E-state index in [1.54, 1.807) is 4.68 Å². The van der Waals surface area contributed by atoms with E-state index in [9.17, 15) is 4.79 Å². The van der Waals surface area contributed by atoms with Crippen molar-refractivity contribution in [2.24, 2.45) is 5.73 Å². The number of hydrogen-bond donors (Lipinski definition) is 1. The summed E-state index contributed by atoms with van der Waals surface area (Å²) in [6, 6.07) is -0.271. The lowest BCUT2D eigenvalue weighted by molar-refractivity contribution is 0.0593. The summed E-state index contributed by atoms with van der Waals surface area (Å²) in [5.41, 5.74) is 6.08. The number of nitrogens with zero attached hydrogens (tertiary/aromatic N) is 5. The van der Waals surface area contributed by atoms with E-state index in [-0.39, 0.29) is 11.7 Å². The van der Waals surface area contributed by atoms with Gasteiger partial charge in [-0.05, 0) is 19.8 Å². The quantitative estimate of drug-likeness (QED) is 0.826. The zero-order chi connectivity index (χ0) is 15.0. The van der Waals surface area contributed by atoms with Gasteiger partial charge in [-0.15, -0.1) is 5.10 Å². The number of esters is 1. The van der Waals surface area contributed by atoms with E-state index in [1.807, 2.05) is 6.92 Å². The van der Waals surface area contributed by atoms with Crippen LogP contribution in [0, 0.1) is 0 Å². The fraction of sp³-hybridized carbons (Fsp3) is 0.462. The van der Waals surface area contributed by atoms with Gasteiger partial charge in [0.05, 0.1) is 25.5 Å². The Bertz CT molecular complexity index is 660. The number of methoxy groups -OCH3 is 1. The molecule has 8 nitrogen and oxygen atoms in total. The highest BCUT2D eigenvalue weighted by atomic mass is 16.5. The van der Waals surface area contributed by atoms with Crippen molar-refractivity contribution in [3.05, 3.63) is 29.7 Å². The highest BCUT2D eigenvalue weighted by Gasteiger charge is 2.30. The molecule has 0 amide bonds. The molecule has 1 atom stereocenters. The molecule has 3 rings (SSSR count). The Morgan fingerprint density at radius 1 is 1.43 bits per heavy atom. The fourth-order valence-electron chi connectivity index (χ4n) is 1.96. The second kappa shape index (κ2) is 5.21. The van der Waals surface area contributed by atoms with Gasteiger partial charge in [-0.2, -0.15) is 4.68 Å². The minimum atomic E-state index is -0.529. The van der Waals surface area contributed by atoms with Crippen LogP contribution in [0.5, 0.6) is 0 Å². The summed E-state index contributed by atoms with van der Waals surface area (Å²) in [5.74, 6) is 1.80. The molecule has 0 radical (unpaired) electrons. The van der Waals surface area contributed by atoms with E-state index in [0.29, 0.717) is 17.6 Å². The van der Waals surface area contributed by atoms with Gasteiger partial charge >= 0.3 is 5.97 Å². The van der Waals surface area contributed by atoms with Crippen LogP contribution < -0.4 is 5.73 Å². The highest BCUT2D eigenvalue weighted by molar-refractivity contribution is 5.86. The Morgan fingerprint density at radius 3 is 2.71 bits per heavy atom. The molecule has 1 saturated carbocycles. The van der Waals surface area contributed by atoms with Crippen LogP contribution in [0.4, 0.5) is 0 Å².